The zero-order valence-corrected chi connectivity index (χ0v) is 6.99. The summed E-state index contributed by atoms with van der Waals surface area (Å²) in [6, 6.07) is 3.90. The fourth-order valence-corrected chi connectivity index (χ4v) is 0.900. The molecule has 1 N–H and O–H groups in total. The molecule has 0 aliphatic carbocycles. The van der Waals surface area contributed by atoms with E-state index in [1.165, 1.54) is 0 Å². The van der Waals surface area contributed by atoms with Crippen LogP contribution in [-0.2, 0) is 0 Å². The number of pyridine rings is 1. The van der Waals surface area contributed by atoms with Crippen LogP contribution in [0.25, 0.3) is 0 Å². The molecule has 0 saturated carbocycles. The van der Waals surface area contributed by atoms with Gasteiger partial charge in [-0.1, -0.05) is 12.2 Å². The Hall–Kier alpha value is 0.100. The van der Waals surface area contributed by atoms with Crippen molar-refractivity contribution < 1.29 is 0 Å². The van der Waals surface area contributed by atoms with E-state index in [1.807, 2.05) is 18.3 Å². The lowest BCUT2D eigenvalue weighted by Gasteiger charge is -1.84. The Balaban J connectivity index is 3.35. The number of aromatic nitrogens is 1. The Labute approximate surface area is 66.3 Å². The first-order valence-electron chi connectivity index (χ1n) is 2.14. The third-order valence-corrected chi connectivity index (χ3v) is 2.37. The molecule has 0 aliphatic heterocycles. The highest BCUT2D eigenvalue weighted by atomic mass is 127. The second-order valence-electron chi connectivity index (χ2n) is 1.35. The molecule has 1 aromatic heterocycles. The van der Waals surface area contributed by atoms with Crippen molar-refractivity contribution in [3.8, 4) is 0 Å². The third kappa shape index (κ3) is 1.29. The number of hydrogen-bond acceptors (Lipinski definition) is 1. The lowest BCUT2D eigenvalue weighted by atomic mass is 10.5. The number of nitrogens with one attached hydrogen (secondary N) is 1. The highest BCUT2D eigenvalue weighted by Gasteiger charge is 1.82. The molecule has 0 atom stereocenters. The van der Waals surface area contributed by atoms with Gasteiger partial charge >= 0.3 is 0 Å². The van der Waals surface area contributed by atoms with Gasteiger partial charge in [-0.15, -0.1) is 0 Å². The van der Waals surface area contributed by atoms with E-state index in [0.29, 0.717) is 0 Å². The minimum absolute atomic E-state index is 0.813. The first-order chi connectivity index (χ1) is 3.80. The van der Waals surface area contributed by atoms with Crippen LogP contribution in [0.5, 0.6) is 0 Å². The summed E-state index contributed by atoms with van der Waals surface area (Å²) in [6.45, 7) is 0. The molecule has 1 rings (SSSR count). The van der Waals surface area contributed by atoms with Crippen molar-refractivity contribution in [2.24, 2.45) is 0 Å². The van der Waals surface area contributed by atoms with Crippen LogP contribution in [0.15, 0.2) is 18.3 Å². The third-order valence-electron chi connectivity index (χ3n) is 0.770. The van der Waals surface area contributed by atoms with E-state index in [4.69, 9.17) is 12.2 Å². The largest absolute Gasteiger partial charge is 0.352 e. The monoisotopic (exact) mass is 237 g/mol. The zero-order valence-electron chi connectivity index (χ0n) is 4.02. The second kappa shape index (κ2) is 2.59. The molecule has 1 heterocycles. The van der Waals surface area contributed by atoms with E-state index in [2.05, 4.69) is 27.6 Å². The number of aromatic amines is 1. The van der Waals surface area contributed by atoms with Crippen LogP contribution in [0.3, 0.4) is 0 Å². The van der Waals surface area contributed by atoms with Crippen LogP contribution in [0.1, 0.15) is 0 Å². The molecule has 0 aromatic carbocycles. The molecule has 0 aliphatic rings. The normalized spacial score (nSPS) is 9.12. The summed E-state index contributed by atoms with van der Waals surface area (Å²) in [5, 5.41) is 0. The maximum atomic E-state index is 4.89. The molecule has 42 valence electrons. The first-order valence-corrected chi connectivity index (χ1v) is 3.62. The molecule has 0 unspecified atom stereocenters. The fourth-order valence-electron chi connectivity index (χ4n) is 0.401. The number of rotatable bonds is 0. The predicted octanol–water partition coefficient (Wildman–Crippen LogP) is 2.35. The fraction of sp³-hybridized carbons (Fsp3) is 0. The summed E-state index contributed by atoms with van der Waals surface area (Å²) in [4.78, 5) is 2.91. The highest BCUT2D eigenvalue weighted by molar-refractivity contribution is 14.1. The Bertz CT molecular complexity index is 230. The van der Waals surface area contributed by atoms with Crippen molar-refractivity contribution in [1.82, 2.24) is 4.98 Å². The molecular formula is C5H4INS. The summed E-state index contributed by atoms with van der Waals surface area (Å²) in [5.41, 5.74) is 0. The van der Waals surface area contributed by atoms with E-state index >= 15 is 0 Å². The van der Waals surface area contributed by atoms with Gasteiger partial charge in [0.15, 0.2) is 0 Å². The van der Waals surface area contributed by atoms with Crippen molar-refractivity contribution in [3.05, 3.63) is 26.5 Å². The summed E-state index contributed by atoms with van der Waals surface area (Å²) < 4.78 is 1.91. The van der Waals surface area contributed by atoms with Crippen LogP contribution < -0.4 is 0 Å². The number of H-pyrrole nitrogens is 1. The average molecular weight is 237 g/mol. The van der Waals surface area contributed by atoms with E-state index in [9.17, 15) is 0 Å². The SMILES string of the molecule is S=c1[nH]cccc1I. The van der Waals surface area contributed by atoms with Gasteiger partial charge in [-0.25, -0.2) is 0 Å². The molecule has 0 radical (unpaired) electrons. The van der Waals surface area contributed by atoms with Crippen LogP contribution >= 0.6 is 34.8 Å². The summed E-state index contributed by atoms with van der Waals surface area (Å²) in [5.74, 6) is 0. The maximum Gasteiger partial charge on any atom is 0.116 e. The number of halogens is 1. The second-order valence-corrected chi connectivity index (χ2v) is 2.92. The van der Waals surface area contributed by atoms with Crippen LogP contribution in [0.2, 0.25) is 0 Å². The van der Waals surface area contributed by atoms with Crippen molar-refractivity contribution in [1.29, 1.82) is 0 Å². The molecule has 8 heavy (non-hydrogen) atoms. The van der Waals surface area contributed by atoms with E-state index in [0.717, 1.165) is 8.21 Å². The molecular weight excluding hydrogens is 233 g/mol. The van der Waals surface area contributed by atoms with Gasteiger partial charge in [0.25, 0.3) is 0 Å². The van der Waals surface area contributed by atoms with E-state index in [-0.39, 0.29) is 0 Å². The molecule has 3 heteroatoms. The average Bonchev–Trinajstić information content (AvgIpc) is 1.77. The van der Waals surface area contributed by atoms with Crippen molar-refractivity contribution in [2.45, 2.75) is 0 Å². The van der Waals surface area contributed by atoms with Crippen LogP contribution in [-0.4, -0.2) is 4.98 Å². The quantitative estimate of drug-likeness (QED) is 0.541. The number of hydrogen-bond donors (Lipinski definition) is 1. The smallest absolute Gasteiger partial charge is 0.116 e. The Morgan fingerprint density at radius 3 is 2.75 bits per heavy atom. The summed E-state index contributed by atoms with van der Waals surface area (Å²) in [6.07, 6.45) is 1.82. The van der Waals surface area contributed by atoms with Crippen LogP contribution in [0.4, 0.5) is 0 Å². The topological polar surface area (TPSA) is 15.8 Å². The highest BCUT2D eigenvalue weighted by Crippen LogP contribution is 2.01. The van der Waals surface area contributed by atoms with Crippen molar-refractivity contribution in [3.63, 3.8) is 0 Å². The molecule has 0 bridgehead atoms. The van der Waals surface area contributed by atoms with Gasteiger partial charge in [0.1, 0.15) is 4.64 Å². The minimum Gasteiger partial charge on any atom is -0.352 e. The molecule has 0 spiro atoms. The van der Waals surface area contributed by atoms with Gasteiger partial charge in [0, 0.05) is 9.77 Å². The van der Waals surface area contributed by atoms with Crippen molar-refractivity contribution >= 4 is 34.8 Å². The van der Waals surface area contributed by atoms with Crippen LogP contribution in [0, 0.1) is 8.21 Å². The predicted molar refractivity (Wildman–Crippen MR) is 44.3 cm³/mol. The van der Waals surface area contributed by atoms with Gasteiger partial charge in [0.2, 0.25) is 0 Å². The lowest BCUT2D eigenvalue weighted by Crippen LogP contribution is -1.74. The van der Waals surface area contributed by atoms with Gasteiger partial charge in [-0.3, -0.25) is 0 Å². The first kappa shape index (κ1) is 6.22. The van der Waals surface area contributed by atoms with Gasteiger partial charge < -0.3 is 4.98 Å². The van der Waals surface area contributed by atoms with E-state index < -0.39 is 0 Å². The Morgan fingerprint density at radius 1 is 1.62 bits per heavy atom. The maximum absolute atomic E-state index is 4.89. The summed E-state index contributed by atoms with van der Waals surface area (Å²) >= 11 is 7.08. The van der Waals surface area contributed by atoms with Gasteiger partial charge in [-0.05, 0) is 34.7 Å². The summed E-state index contributed by atoms with van der Waals surface area (Å²) in [7, 11) is 0. The zero-order chi connectivity index (χ0) is 5.98. The van der Waals surface area contributed by atoms with E-state index in [1.54, 1.807) is 0 Å². The minimum atomic E-state index is 0.813. The molecule has 1 aromatic rings. The van der Waals surface area contributed by atoms with Crippen molar-refractivity contribution in [2.75, 3.05) is 0 Å². The molecule has 0 fully saturated rings. The Kier molecular flexibility index (Phi) is 2.01. The molecule has 0 saturated heterocycles. The van der Waals surface area contributed by atoms with Gasteiger partial charge in [-0.2, -0.15) is 0 Å². The molecule has 1 nitrogen and oxygen atoms in total. The standard InChI is InChI=1S/C5H4INS/c6-4-2-1-3-7-5(4)8/h1-3H,(H,7,8). The lowest BCUT2D eigenvalue weighted by molar-refractivity contribution is 1.28. The van der Waals surface area contributed by atoms with Gasteiger partial charge in [0.05, 0.1) is 0 Å². The molecule has 0 amide bonds. The Morgan fingerprint density at radius 2 is 2.38 bits per heavy atom.